The van der Waals surface area contributed by atoms with Crippen molar-refractivity contribution in [2.24, 2.45) is 5.92 Å². The molecule has 0 fully saturated rings. The Morgan fingerprint density at radius 2 is 1.95 bits per heavy atom. The third-order valence-electron chi connectivity index (χ3n) is 3.22. The maximum absolute atomic E-state index is 11.9. The van der Waals surface area contributed by atoms with Crippen LogP contribution in [0, 0.1) is 5.92 Å². The van der Waals surface area contributed by atoms with E-state index in [1.807, 2.05) is 14.0 Å². The van der Waals surface area contributed by atoms with Crippen LogP contribution in [0.2, 0.25) is 0 Å². The molecule has 2 unspecified atom stereocenters. The SMILES string of the molecule is CNC(C)C(c1nc(CCOCC(F)(F)F)no1)C(C)C. The van der Waals surface area contributed by atoms with Gasteiger partial charge in [0.15, 0.2) is 5.82 Å². The van der Waals surface area contributed by atoms with Crippen LogP contribution in [0.15, 0.2) is 4.52 Å². The Bertz CT molecular complexity index is 421. The number of halogens is 3. The van der Waals surface area contributed by atoms with Crippen molar-refractivity contribution in [3.05, 3.63) is 11.7 Å². The molecule has 122 valence electrons. The van der Waals surface area contributed by atoms with Crippen molar-refractivity contribution in [1.29, 1.82) is 0 Å². The van der Waals surface area contributed by atoms with Crippen LogP contribution in [0.3, 0.4) is 0 Å². The van der Waals surface area contributed by atoms with E-state index in [4.69, 9.17) is 4.52 Å². The van der Waals surface area contributed by atoms with Crippen molar-refractivity contribution in [2.75, 3.05) is 20.3 Å². The van der Waals surface area contributed by atoms with Gasteiger partial charge in [0.05, 0.1) is 12.5 Å². The molecular formula is C13H22F3N3O2. The van der Waals surface area contributed by atoms with Crippen molar-refractivity contribution in [2.45, 2.75) is 45.3 Å². The zero-order valence-corrected chi connectivity index (χ0v) is 12.7. The van der Waals surface area contributed by atoms with Gasteiger partial charge in [-0.25, -0.2) is 0 Å². The highest BCUT2D eigenvalue weighted by molar-refractivity contribution is 5.00. The number of nitrogens with one attached hydrogen (secondary N) is 1. The first-order valence-electron chi connectivity index (χ1n) is 6.88. The van der Waals surface area contributed by atoms with E-state index in [9.17, 15) is 13.2 Å². The van der Waals surface area contributed by atoms with Crippen LogP contribution < -0.4 is 5.32 Å². The van der Waals surface area contributed by atoms with E-state index in [1.54, 1.807) is 0 Å². The zero-order valence-electron chi connectivity index (χ0n) is 12.7. The smallest absolute Gasteiger partial charge is 0.372 e. The first-order chi connectivity index (χ1) is 9.74. The molecule has 0 saturated carbocycles. The summed E-state index contributed by atoms with van der Waals surface area (Å²) in [6, 6.07) is 0.153. The summed E-state index contributed by atoms with van der Waals surface area (Å²) in [7, 11) is 1.85. The summed E-state index contributed by atoms with van der Waals surface area (Å²) in [5, 5.41) is 6.94. The number of rotatable bonds is 8. The number of alkyl halides is 3. The lowest BCUT2D eigenvalue weighted by atomic mass is 9.89. The quantitative estimate of drug-likeness (QED) is 0.748. The van der Waals surface area contributed by atoms with Crippen molar-refractivity contribution < 1.29 is 22.4 Å². The minimum absolute atomic E-state index is 0.0485. The highest BCUT2D eigenvalue weighted by atomic mass is 19.4. The number of likely N-dealkylation sites (N-methyl/N-ethyl adjacent to an activating group) is 1. The van der Waals surface area contributed by atoms with Crippen LogP contribution in [0.1, 0.15) is 38.4 Å². The van der Waals surface area contributed by atoms with Crippen LogP contribution >= 0.6 is 0 Å². The molecule has 0 aliphatic carbocycles. The molecule has 0 aliphatic heterocycles. The maximum atomic E-state index is 11.9. The van der Waals surface area contributed by atoms with Gasteiger partial charge in [-0.1, -0.05) is 19.0 Å². The van der Waals surface area contributed by atoms with E-state index in [1.165, 1.54) is 0 Å². The largest absolute Gasteiger partial charge is 0.411 e. The van der Waals surface area contributed by atoms with Gasteiger partial charge in [-0.15, -0.1) is 0 Å². The number of hydrogen-bond donors (Lipinski definition) is 1. The van der Waals surface area contributed by atoms with Crippen molar-refractivity contribution in [3.63, 3.8) is 0 Å². The minimum Gasteiger partial charge on any atom is -0.372 e. The molecule has 8 heteroatoms. The lowest BCUT2D eigenvalue weighted by Crippen LogP contribution is -2.32. The highest BCUT2D eigenvalue weighted by Gasteiger charge is 2.28. The average Bonchev–Trinajstić information content (AvgIpc) is 2.81. The lowest BCUT2D eigenvalue weighted by Gasteiger charge is -2.23. The summed E-state index contributed by atoms with van der Waals surface area (Å²) in [5.74, 6) is 1.20. The fraction of sp³-hybridized carbons (Fsp3) is 0.846. The molecule has 0 saturated heterocycles. The van der Waals surface area contributed by atoms with Crippen molar-refractivity contribution in [3.8, 4) is 0 Å². The lowest BCUT2D eigenvalue weighted by molar-refractivity contribution is -0.173. The van der Waals surface area contributed by atoms with E-state index >= 15 is 0 Å². The van der Waals surface area contributed by atoms with E-state index in [-0.39, 0.29) is 25.0 Å². The maximum Gasteiger partial charge on any atom is 0.411 e. The number of ether oxygens (including phenoxy) is 1. The molecule has 0 bridgehead atoms. The monoisotopic (exact) mass is 309 g/mol. The Hall–Kier alpha value is -1.15. The molecule has 0 aliphatic rings. The van der Waals surface area contributed by atoms with Crippen LogP contribution in [0.25, 0.3) is 0 Å². The summed E-state index contributed by atoms with van der Waals surface area (Å²) in [6.07, 6.45) is -4.12. The van der Waals surface area contributed by atoms with Gasteiger partial charge in [-0.3, -0.25) is 0 Å². The van der Waals surface area contributed by atoms with Crippen LogP contribution in [0.5, 0.6) is 0 Å². The fourth-order valence-electron chi connectivity index (χ4n) is 2.11. The van der Waals surface area contributed by atoms with Gasteiger partial charge in [0.25, 0.3) is 0 Å². The van der Waals surface area contributed by atoms with Crippen molar-refractivity contribution >= 4 is 0 Å². The van der Waals surface area contributed by atoms with Gasteiger partial charge in [0.1, 0.15) is 6.61 Å². The van der Waals surface area contributed by atoms with Gasteiger partial charge in [0, 0.05) is 12.5 Å². The molecule has 0 spiro atoms. The summed E-state index contributed by atoms with van der Waals surface area (Å²) in [5.41, 5.74) is 0. The van der Waals surface area contributed by atoms with Gasteiger partial charge in [-0.2, -0.15) is 18.2 Å². The molecule has 1 aromatic rings. The van der Waals surface area contributed by atoms with E-state index in [0.29, 0.717) is 17.6 Å². The Morgan fingerprint density at radius 1 is 1.29 bits per heavy atom. The Morgan fingerprint density at radius 3 is 2.48 bits per heavy atom. The molecule has 1 aromatic heterocycles. The second-order valence-electron chi connectivity index (χ2n) is 5.31. The summed E-state index contributed by atoms with van der Waals surface area (Å²) >= 11 is 0. The normalized spacial score (nSPS) is 15.4. The van der Waals surface area contributed by atoms with Gasteiger partial charge < -0.3 is 14.6 Å². The predicted octanol–water partition coefficient (Wildman–Crippen LogP) is 2.54. The predicted molar refractivity (Wildman–Crippen MR) is 71.0 cm³/mol. The third-order valence-corrected chi connectivity index (χ3v) is 3.22. The second kappa shape index (κ2) is 7.74. The molecule has 21 heavy (non-hydrogen) atoms. The summed E-state index contributed by atoms with van der Waals surface area (Å²) in [4.78, 5) is 4.26. The number of nitrogens with zero attached hydrogens (tertiary/aromatic N) is 2. The van der Waals surface area contributed by atoms with Crippen molar-refractivity contribution in [1.82, 2.24) is 15.5 Å². The molecule has 1 rings (SSSR count). The van der Waals surface area contributed by atoms with Crippen LogP contribution in [-0.2, 0) is 11.2 Å². The van der Waals surface area contributed by atoms with E-state index in [2.05, 4.69) is 34.0 Å². The number of aromatic nitrogens is 2. The Balaban J connectivity index is 2.55. The molecule has 1 N–H and O–H groups in total. The first-order valence-corrected chi connectivity index (χ1v) is 6.88. The average molecular weight is 309 g/mol. The topological polar surface area (TPSA) is 60.2 Å². The van der Waals surface area contributed by atoms with E-state index in [0.717, 1.165) is 0 Å². The zero-order chi connectivity index (χ0) is 16.0. The van der Waals surface area contributed by atoms with Gasteiger partial charge in [-0.05, 0) is 19.9 Å². The molecule has 5 nitrogen and oxygen atoms in total. The van der Waals surface area contributed by atoms with Crippen LogP contribution in [-0.4, -0.2) is 42.6 Å². The molecule has 0 radical (unpaired) electrons. The summed E-state index contributed by atoms with van der Waals surface area (Å²) < 4.78 is 45.5. The fourth-order valence-corrected chi connectivity index (χ4v) is 2.11. The molecule has 1 heterocycles. The third kappa shape index (κ3) is 6.01. The van der Waals surface area contributed by atoms with Gasteiger partial charge in [0.2, 0.25) is 5.89 Å². The second-order valence-corrected chi connectivity index (χ2v) is 5.31. The first kappa shape index (κ1) is 17.9. The minimum atomic E-state index is -4.31. The van der Waals surface area contributed by atoms with Gasteiger partial charge >= 0.3 is 6.18 Å². The summed E-state index contributed by atoms with van der Waals surface area (Å²) in [6.45, 7) is 4.76. The number of hydrogen-bond acceptors (Lipinski definition) is 5. The van der Waals surface area contributed by atoms with E-state index < -0.39 is 12.8 Å². The highest BCUT2D eigenvalue weighted by Crippen LogP contribution is 2.26. The molecule has 0 aromatic carbocycles. The Labute approximate surface area is 122 Å². The molecule has 0 amide bonds. The standard InChI is InChI=1S/C13H22F3N3O2/c1-8(2)11(9(3)17-4)12-18-10(19-21-12)5-6-20-7-13(14,15)16/h8-9,11,17H,5-7H2,1-4H3. The molecular weight excluding hydrogens is 287 g/mol. The molecule has 2 atom stereocenters. The van der Waals surface area contributed by atoms with Crippen LogP contribution in [0.4, 0.5) is 13.2 Å². The Kier molecular flexibility index (Phi) is 6.60.